The van der Waals surface area contributed by atoms with Crippen molar-refractivity contribution in [2.75, 3.05) is 0 Å². The fourth-order valence-electron chi connectivity index (χ4n) is 1.91. The van der Waals surface area contributed by atoms with Crippen LogP contribution >= 0.6 is 15.9 Å². The third-order valence-electron chi connectivity index (χ3n) is 2.85. The smallest absolute Gasteiger partial charge is 0.186 e. The SMILES string of the molecule is CC(C)n1ncc(Br)c1C(=O)Cc1ccc(F)c(F)c1. The van der Waals surface area contributed by atoms with E-state index >= 15 is 0 Å². The third kappa shape index (κ3) is 2.95. The molecule has 0 unspecified atom stereocenters. The molecule has 0 bridgehead atoms. The second-order valence-electron chi connectivity index (χ2n) is 4.73. The van der Waals surface area contributed by atoms with E-state index in [-0.39, 0.29) is 18.2 Å². The highest BCUT2D eigenvalue weighted by Crippen LogP contribution is 2.22. The summed E-state index contributed by atoms with van der Waals surface area (Å²) >= 11 is 3.29. The molecule has 1 aromatic carbocycles. The molecule has 106 valence electrons. The molecular weight excluding hydrogens is 330 g/mol. The van der Waals surface area contributed by atoms with Gasteiger partial charge in [-0.15, -0.1) is 0 Å². The van der Waals surface area contributed by atoms with Crippen molar-refractivity contribution >= 4 is 21.7 Å². The van der Waals surface area contributed by atoms with Crippen LogP contribution in [0.15, 0.2) is 28.9 Å². The maximum Gasteiger partial charge on any atom is 0.186 e. The van der Waals surface area contributed by atoms with Crippen LogP contribution in [0, 0.1) is 11.6 Å². The van der Waals surface area contributed by atoms with Crippen molar-refractivity contribution in [3.63, 3.8) is 0 Å². The van der Waals surface area contributed by atoms with Crippen molar-refractivity contribution in [1.82, 2.24) is 9.78 Å². The zero-order valence-corrected chi connectivity index (χ0v) is 12.6. The van der Waals surface area contributed by atoms with Gasteiger partial charge in [-0.2, -0.15) is 5.10 Å². The Balaban J connectivity index is 2.28. The first kappa shape index (κ1) is 14.8. The molecule has 2 rings (SSSR count). The predicted molar refractivity (Wildman–Crippen MR) is 74.7 cm³/mol. The lowest BCUT2D eigenvalue weighted by Gasteiger charge is -2.10. The van der Waals surface area contributed by atoms with Crippen LogP contribution in [0.1, 0.15) is 35.9 Å². The number of halogens is 3. The Morgan fingerprint density at radius 2 is 2.05 bits per heavy atom. The standard InChI is InChI=1S/C14H13BrF2N2O/c1-8(2)19-14(10(15)7-18-19)13(20)6-9-3-4-11(16)12(17)5-9/h3-5,7-8H,6H2,1-2H3. The third-order valence-corrected chi connectivity index (χ3v) is 3.43. The maximum absolute atomic E-state index is 13.1. The molecule has 0 saturated heterocycles. The van der Waals surface area contributed by atoms with E-state index < -0.39 is 11.6 Å². The van der Waals surface area contributed by atoms with Crippen LogP contribution in [0.4, 0.5) is 8.78 Å². The van der Waals surface area contributed by atoms with Crippen LogP contribution < -0.4 is 0 Å². The van der Waals surface area contributed by atoms with E-state index in [4.69, 9.17) is 0 Å². The van der Waals surface area contributed by atoms with Gasteiger partial charge < -0.3 is 0 Å². The molecule has 3 nitrogen and oxygen atoms in total. The molecule has 0 aliphatic carbocycles. The minimum atomic E-state index is -0.952. The highest BCUT2D eigenvalue weighted by molar-refractivity contribution is 9.10. The fraction of sp³-hybridized carbons (Fsp3) is 0.286. The molecule has 0 aliphatic rings. The van der Waals surface area contributed by atoms with Crippen LogP contribution in [0.5, 0.6) is 0 Å². The first-order valence-corrected chi connectivity index (χ1v) is 6.89. The first-order valence-electron chi connectivity index (χ1n) is 6.10. The average Bonchev–Trinajstić information content (AvgIpc) is 2.76. The topological polar surface area (TPSA) is 34.9 Å². The molecular formula is C14H13BrF2N2O. The Hall–Kier alpha value is -1.56. The van der Waals surface area contributed by atoms with E-state index in [0.717, 1.165) is 12.1 Å². The van der Waals surface area contributed by atoms with Crippen molar-refractivity contribution in [1.29, 1.82) is 0 Å². The van der Waals surface area contributed by atoms with Crippen molar-refractivity contribution in [3.8, 4) is 0 Å². The Labute approximate surface area is 123 Å². The van der Waals surface area contributed by atoms with Crippen molar-refractivity contribution in [2.45, 2.75) is 26.3 Å². The summed E-state index contributed by atoms with van der Waals surface area (Å²) in [6.45, 7) is 3.82. The normalized spacial score (nSPS) is 11.1. The van der Waals surface area contributed by atoms with Crippen LogP contribution in [0.3, 0.4) is 0 Å². The summed E-state index contributed by atoms with van der Waals surface area (Å²) in [6.07, 6.45) is 1.55. The largest absolute Gasteiger partial charge is 0.292 e. The van der Waals surface area contributed by atoms with Gasteiger partial charge in [-0.25, -0.2) is 8.78 Å². The molecule has 0 radical (unpaired) electrons. The summed E-state index contributed by atoms with van der Waals surface area (Å²) in [7, 11) is 0. The number of ketones is 1. The van der Waals surface area contributed by atoms with Crippen molar-refractivity contribution in [2.24, 2.45) is 0 Å². The molecule has 0 atom stereocenters. The summed E-state index contributed by atoms with van der Waals surface area (Å²) in [5, 5.41) is 4.12. The summed E-state index contributed by atoms with van der Waals surface area (Å²) in [5.41, 5.74) is 0.863. The van der Waals surface area contributed by atoms with Gasteiger partial charge in [0.05, 0.1) is 10.7 Å². The summed E-state index contributed by atoms with van der Waals surface area (Å²) < 4.78 is 28.2. The Morgan fingerprint density at radius 3 is 2.65 bits per heavy atom. The molecule has 0 spiro atoms. The molecule has 2 aromatic rings. The van der Waals surface area contributed by atoms with E-state index in [9.17, 15) is 13.6 Å². The van der Waals surface area contributed by atoms with E-state index in [2.05, 4.69) is 21.0 Å². The lowest BCUT2D eigenvalue weighted by molar-refractivity contribution is 0.0980. The van der Waals surface area contributed by atoms with Gasteiger partial charge in [0.2, 0.25) is 0 Å². The molecule has 0 saturated carbocycles. The Kier molecular flexibility index (Phi) is 4.32. The van der Waals surface area contributed by atoms with Gasteiger partial charge in [-0.1, -0.05) is 6.07 Å². The average molecular weight is 343 g/mol. The van der Waals surface area contributed by atoms with Crippen LogP contribution in [0.25, 0.3) is 0 Å². The van der Waals surface area contributed by atoms with E-state index in [1.807, 2.05) is 13.8 Å². The second-order valence-corrected chi connectivity index (χ2v) is 5.58. The number of aromatic nitrogens is 2. The number of carbonyl (C=O) groups is 1. The Bertz CT molecular complexity index is 653. The maximum atomic E-state index is 13.1. The van der Waals surface area contributed by atoms with Crippen LogP contribution in [-0.4, -0.2) is 15.6 Å². The number of rotatable bonds is 4. The van der Waals surface area contributed by atoms with Gasteiger partial charge in [0.1, 0.15) is 5.69 Å². The lowest BCUT2D eigenvalue weighted by atomic mass is 10.1. The molecule has 0 amide bonds. The lowest BCUT2D eigenvalue weighted by Crippen LogP contribution is -2.15. The van der Waals surface area contributed by atoms with Crippen molar-refractivity contribution < 1.29 is 13.6 Å². The number of benzene rings is 1. The number of nitrogens with zero attached hydrogens (tertiary/aromatic N) is 2. The molecule has 20 heavy (non-hydrogen) atoms. The zero-order chi connectivity index (χ0) is 14.9. The molecule has 1 aromatic heterocycles. The zero-order valence-electron chi connectivity index (χ0n) is 11.0. The Morgan fingerprint density at radius 1 is 1.35 bits per heavy atom. The van der Waals surface area contributed by atoms with Gasteiger partial charge in [0, 0.05) is 12.5 Å². The molecule has 0 aliphatic heterocycles. The van der Waals surface area contributed by atoms with Crippen LogP contribution in [-0.2, 0) is 6.42 Å². The van der Waals surface area contributed by atoms with Gasteiger partial charge >= 0.3 is 0 Å². The predicted octanol–water partition coefficient (Wildman–Crippen LogP) is 3.93. The van der Waals surface area contributed by atoms with Gasteiger partial charge in [0.15, 0.2) is 17.4 Å². The fourth-order valence-corrected chi connectivity index (χ4v) is 2.41. The van der Waals surface area contributed by atoms with Crippen LogP contribution in [0.2, 0.25) is 0 Å². The van der Waals surface area contributed by atoms with Gasteiger partial charge in [-0.3, -0.25) is 9.48 Å². The molecule has 1 heterocycles. The first-order chi connectivity index (χ1) is 9.40. The highest BCUT2D eigenvalue weighted by atomic mass is 79.9. The van der Waals surface area contributed by atoms with Gasteiger partial charge in [-0.05, 0) is 47.5 Å². The second kappa shape index (κ2) is 5.83. The van der Waals surface area contributed by atoms with Crippen molar-refractivity contribution in [3.05, 3.63) is 51.8 Å². The highest BCUT2D eigenvalue weighted by Gasteiger charge is 2.19. The number of carbonyl (C=O) groups excluding carboxylic acids is 1. The molecule has 6 heteroatoms. The number of hydrogen-bond acceptors (Lipinski definition) is 2. The monoisotopic (exact) mass is 342 g/mol. The minimum absolute atomic E-state index is 0.00574. The summed E-state index contributed by atoms with van der Waals surface area (Å²) in [5.74, 6) is -2.07. The quantitative estimate of drug-likeness (QED) is 0.789. The van der Waals surface area contributed by atoms with E-state index in [0.29, 0.717) is 15.7 Å². The molecule has 0 N–H and O–H groups in total. The van der Waals surface area contributed by atoms with E-state index in [1.54, 1.807) is 10.9 Å². The van der Waals surface area contributed by atoms with Gasteiger partial charge in [0.25, 0.3) is 0 Å². The number of hydrogen-bond donors (Lipinski definition) is 0. The minimum Gasteiger partial charge on any atom is -0.292 e. The number of Topliss-reactive ketones (excluding diaryl/α,β-unsaturated/α-hetero) is 1. The summed E-state index contributed by atoms with van der Waals surface area (Å²) in [6, 6.07) is 3.50. The van der Waals surface area contributed by atoms with E-state index in [1.165, 1.54) is 6.07 Å². The molecule has 0 fully saturated rings. The summed E-state index contributed by atoms with van der Waals surface area (Å²) in [4.78, 5) is 12.3.